The average Bonchev–Trinajstić information content (AvgIpc) is 2.86. The number of anilines is 2. The smallest absolute Gasteiger partial charge is 0.227 e. The Labute approximate surface area is 114 Å². The van der Waals surface area contributed by atoms with Crippen molar-refractivity contribution < 1.29 is 0 Å². The van der Waals surface area contributed by atoms with Crippen LogP contribution in [0.5, 0.6) is 0 Å². The molecule has 3 aromatic rings. The number of pyridine rings is 1. The average molecular weight is 269 g/mol. The lowest BCUT2D eigenvalue weighted by atomic mass is 10.3. The lowest BCUT2D eigenvalue weighted by Gasteiger charge is -2.05. The number of aryl methyl sites for hydroxylation is 1. The van der Waals surface area contributed by atoms with Crippen LogP contribution in [0.1, 0.15) is 5.69 Å². The highest BCUT2D eigenvalue weighted by atomic mass is 32.1. The van der Waals surface area contributed by atoms with E-state index in [1.807, 2.05) is 30.6 Å². The van der Waals surface area contributed by atoms with E-state index in [9.17, 15) is 0 Å². The molecule has 3 rings (SSSR count). The molecule has 94 valence electrons. The van der Waals surface area contributed by atoms with E-state index in [2.05, 4.69) is 25.3 Å². The number of thiazole rings is 1. The summed E-state index contributed by atoms with van der Waals surface area (Å²) in [4.78, 5) is 18.0. The number of nitrogens with zero attached hydrogens (tertiary/aromatic N) is 4. The van der Waals surface area contributed by atoms with Crippen molar-refractivity contribution in [3.05, 3.63) is 48.0 Å². The fourth-order valence-electron chi connectivity index (χ4n) is 1.66. The minimum absolute atomic E-state index is 0.554. The molecule has 0 aliphatic carbocycles. The third-order valence-corrected chi connectivity index (χ3v) is 3.50. The van der Waals surface area contributed by atoms with Gasteiger partial charge in [0.05, 0.1) is 33.7 Å². The van der Waals surface area contributed by atoms with E-state index in [0.717, 1.165) is 22.0 Å². The first-order chi connectivity index (χ1) is 9.33. The summed E-state index contributed by atoms with van der Waals surface area (Å²) >= 11 is 1.58. The van der Waals surface area contributed by atoms with Gasteiger partial charge < -0.3 is 5.32 Å². The molecule has 0 atom stereocenters. The maximum absolute atomic E-state index is 4.49. The van der Waals surface area contributed by atoms with Crippen molar-refractivity contribution in [2.45, 2.75) is 6.92 Å². The van der Waals surface area contributed by atoms with Gasteiger partial charge in [-0.25, -0.2) is 15.0 Å². The van der Waals surface area contributed by atoms with Crippen LogP contribution in [0.4, 0.5) is 11.6 Å². The van der Waals surface area contributed by atoms with Gasteiger partial charge in [-0.1, -0.05) is 0 Å². The molecule has 1 N–H and O–H groups in total. The van der Waals surface area contributed by atoms with Crippen LogP contribution in [0.15, 0.2) is 42.3 Å². The highest BCUT2D eigenvalue weighted by Gasteiger charge is 2.07. The van der Waals surface area contributed by atoms with E-state index >= 15 is 0 Å². The predicted molar refractivity (Wildman–Crippen MR) is 75.4 cm³/mol. The van der Waals surface area contributed by atoms with Crippen molar-refractivity contribution in [3.63, 3.8) is 0 Å². The van der Waals surface area contributed by atoms with Crippen molar-refractivity contribution >= 4 is 23.0 Å². The van der Waals surface area contributed by atoms with E-state index in [1.54, 1.807) is 29.9 Å². The quantitative estimate of drug-likeness (QED) is 0.791. The topological polar surface area (TPSA) is 63.6 Å². The summed E-state index contributed by atoms with van der Waals surface area (Å²) in [7, 11) is 0. The van der Waals surface area contributed by atoms with Crippen molar-refractivity contribution in [2.24, 2.45) is 0 Å². The second-order valence-corrected chi connectivity index (χ2v) is 4.75. The monoisotopic (exact) mass is 269 g/mol. The van der Waals surface area contributed by atoms with E-state index in [1.165, 1.54) is 0 Å². The molecule has 0 saturated heterocycles. The third kappa shape index (κ3) is 2.58. The van der Waals surface area contributed by atoms with Crippen LogP contribution in [0.3, 0.4) is 0 Å². The van der Waals surface area contributed by atoms with Gasteiger partial charge in [-0.2, -0.15) is 0 Å². The maximum atomic E-state index is 4.49. The first-order valence-electron chi connectivity index (χ1n) is 5.73. The zero-order valence-corrected chi connectivity index (χ0v) is 11.1. The Kier molecular flexibility index (Phi) is 3.16. The number of aromatic nitrogens is 4. The van der Waals surface area contributed by atoms with Crippen LogP contribution >= 0.6 is 11.3 Å². The van der Waals surface area contributed by atoms with Crippen LogP contribution in [-0.2, 0) is 0 Å². The Hall–Kier alpha value is -2.34. The summed E-state index contributed by atoms with van der Waals surface area (Å²) in [6.07, 6.45) is 5.19. The van der Waals surface area contributed by atoms with Gasteiger partial charge >= 0.3 is 0 Å². The molecular formula is C13H11N5S. The molecule has 0 radical (unpaired) electrons. The molecule has 0 amide bonds. The Morgan fingerprint density at radius 2 is 2.11 bits per heavy atom. The number of hydrogen-bond acceptors (Lipinski definition) is 6. The van der Waals surface area contributed by atoms with Crippen molar-refractivity contribution in [3.8, 4) is 10.6 Å². The summed E-state index contributed by atoms with van der Waals surface area (Å²) in [5.41, 5.74) is 4.54. The molecule has 5 nitrogen and oxygen atoms in total. The SMILES string of the molecule is Cc1ncsc1-c1ccnc(Nc2cccnc2)n1. The molecule has 0 bridgehead atoms. The molecule has 3 heterocycles. The molecule has 3 aromatic heterocycles. The molecule has 0 unspecified atom stereocenters. The zero-order valence-electron chi connectivity index (χ0n) is 10.2. The zero-order chi connectivity index (χ0) is 13.1. The summed E-state index contributed by atoms with van der Waals surface area (Å²) in [6, 6.07) is 5.66. The van der Waals surface area contributed by atoms with Crippen molar-refractivity contribution in [1.82, 2.24) is 19.9 Å². The van der Waals surface area contributed by atoms with Gasteiger partial charge in [0, 0.05) is 12.4 Å². The molecule has 0 aromatic carbocycles. The van der Waals surface area contributed by atoms with E-state index in [0.29, 0.717) is 5.95 Å². The second kappa shape index (κ2) is 5.11. The van der Waals surface area contributed by atoms with Gasteiger partial charge in [-0.05, 0) is 25.1 Å². The molecule has 0 aliphatic heterocycles. The van der Waals surface area contributed by atoms with Gasteiger partial charge in [0.15, 0.2) is 0 Å². The molecule has 0 saturated carbocycles. The van der Waals surface area contributed by atoms with Gasteiger partial charge in [-0.3, -0.25) is 4.98 Å². The first-order valence-corrected chi connectivity index (χ1v) is 6.61. The Morgan fingerprint density at radius 1 is 1.16 bits per heavy atom. The maximum Gasteiger partial charge on any atom is 0.227 e. The van der Waals surface area contributed by atoms with Crippen molar-refractivity contribution in [1.29, 1.82) is 0 Å². The lowest BCUT2D eigenvalue weighted by molar-refractivity contribution is 1.16. The van der Waals surface area contributed by atoms with Crippen LogP contribution < -0.4 is 5.32 Å². The van der Waals surface area contributed by atoms with E-state index < -0.39 is 0 Å². The van der Waals surface area contributed by atoms with Crippen LogP contribution in [-0.4, -0.2) is 19.9 Å². The fraction of sp³-hybridized carbons (Fsp3) is 0.0769. The molecule has 0 aliphatic rings. The van der Waals surface area contributed by atoms with Gasteiger partial charge in [-0.15, -0.1) is 11.3 Å². The summed E-state index contributed by atoms with van der Waals surface area (Å²) in [5, 5.41) is 3.13. The minimum atomic E-state index is 0.554. The molecule has 19 heavy (non-hydrogen) atoms. The highest BCUT2D eigenvalue weighted by Crippen LogP contribution is 2.25. The minimum Gasteiger partial charge on any atom is -0.323 e. The van der Waals surface area contributed by atoms with Crippen molar-refractivity contribution in [2.75, 3.05) is 5.32 Å². The lowest BCUT2D eigenvalue weighted by Crippen LogP contribution is -1.97. The van der Waals surface area contributed by atoms with E-state index in [-0.39, 0.29) is 0 Å². The summed E-state index contributed by atoms with van der Waals surface area (Å²) in [5.74, 6) is 0.554. The highest BCUT2D eigenvalue weighted by molar-refractivity contribution is 7.13. The van der Waals surface area contributed by atoms with Crippen LogP contribution in [0.2, 0.25) is 0 Å². The molecular weight excluding hydrogens is 258 g/mol. The molecule has 6 heteroatoms. The molecule has 0 spiro atoms. The Balaban J connectivity index is 1.91. The van der Waals surface area contributed by atoms with E-state index in [4.69, 9.17) is 0 Å². The summed E-state index contributed by atoms with van der Waals surface area (Å²) in [6.45, 7) is 1.97. The number of hydrogen-bond donors (Lipinski definition) is 1. The second-order valence-electron chi connectivity index (χ2n) is 3.90. The van der Waals surface area contributed by atoms with Gasteiger partial charge in [0.25, 0.3) is 0 Å². The first kappa shape index (κ1) is 11.7. The number of rotatable bonds is 3. The van der Waals surface area contributed by atoms with Gasteiger partial charge in [0.2, 0.25) is 5.95 Å². The third-order valence-electron chi connectivity index (χ3n) is 2.55. The van der Waals surface area contributed by atoms with Gasteiger partial charge in [0.1, 0.15) is 0 Å². The van der Waals surface area contributed by atoms with Crippen LogP contribution in [0.25, 0.3) is 10.6 Å². The normalized spacial score (nSPS) is 10.4. The standard InChI is InChI=1S/C13H11N5S/c1-9-12(19-8-16-9)11-4-6-15-13(18-11)17-10-3-2-5-14-7-10/h2-8H,1H3,(H,15,17,18). The number of nitrogens with one attached hydrogen (secondary N) is 1. The largest absolute Gasteiger partial charge is 0.323 e. The van der Waals surface area contributed by atoms with Crippen LogP contribution in [0, 0.1) is 6.92 Å². The predicted octanol–water partition coefficient (Wildman–Crippen LogP) is 3.05. The molecule has 0 fully saturated rings. The fourth-order valence-corrected chi connectivity index (χ4v) is 2.43. The Morgan fingerprint density at radius 3 is 2.84 bits per heavy atom. The summed E-state index contributed by atoms with van der Waals surface area (Å²) < 4.78 is 0. The Bertz CT molecular complexity index is 680.